The molecule has 1 aromatic rings. The number of amides is 1. The van der Waals surface area contributed by atoms with Gasteiger partial charge in [0.05, 0.1) is 6.04 Å². The van der Waals surface area contributed by atoms with Crippen LogP contribution in [0.25, 0.3) is 0 Å². The zero-order valence-corrected chi connectivity index (χ0v) is 13.5. The van der Waals surface area contributed by atoms with Crippen LogP contribution >= 0.6 is 12.4 Å². The maximum absolute atomic E-state index is 11.6. The zero-order valence-electron chi connectivity index (χ0n) is 12.7. The molecule has 1 aliphatic rings. The smallest absolute Gasteiger partial charge is 0.236 e. The molecule has 0 bridgehead atoms. The molecule has 5 nitrogen and oxygen atoms in total. The Hall–Kier alpha value is -1.17. The monoisotopic (exact) mass is 312 g/mol. The van der Waals surface area contributed by atoms with Gasteiger partial charge in [0, 0.05) is 37.6 Å². The normalized spacial score (nSPS) is 19.4. The minimum absolute atomic E-state index is 0. The molecular weight excluding hydrogens is 288 g/mol. The lowest BCUT2D eigenvalue weighted by Crippen LogP contribution is -2.49. The van der Waals surface area contributed by atoms with E-state index >= 15 is 0 Å². The van der Waals surface area contributed by atoms with E-state index in [0.29, 0.717) is 6.04 Å². The fraction of sp³-hybridized carbons (Fsp3) is 0.600. The number of nitrogens with zero attached hydrogens (tertiary/aromatic N) is 2. The third-order valence-electron chi connectivity index (χ3n) is 4.03. The predicted octanol–water partition coefficient (Wildman–Crippen LogP) is 1.49. The van der Waals surface area contributed by atoms with Crippen molar-refractivity contribution in [2.75, 3.05) is 13.1 Å². The van der Waals surface area contributed by atoms with Crippen LogP contribution in [0.15, 0.2) is 24.5 Å². The van der Waals surface area contributed by atoms with Crippen molar-refractivity contribution in [2.24, 2.45) is 5.73 Å². The Morgan fingerprint density at radius 3 is 2.43 bits per heavy atom. The highest BCUT2D eigenvalue weighted by Crippen LogP contribution is 2.23. The van der Waals surface area contributed by atoms with E-state index in [0.717, 1.165) is 25.9 Å². The molecule has 6 heteroatoms. The molecule has 1 aromatic heterocycles. The number of likely N-dealkylation sites (tertiary alicyclic amines) is 1. The summed E-state index contributed by atoms with van der Waals surface area (Å²) < 4.78 is 0. The number of halogens is 1. The van der Waals surface area contributed by atoms with Gasteiger partial charge < -0.3 is 11.1 Å². The van der Waals surface area contributed by atoms with Crippen molar-refractivity contribution in [1.29, 1.82) is 0 Å². The molecule has 2 rings (SSSR count). The summed E-state index contributed by atoms with van der Waals surface area (Å²) in [7, 11) is 0. The van der Waals surface area contributed by atoms with Crippen LogP contribution in [0.3, 0.4) is 0 Å². The summed E-state index contributed by atoms with van der Waals surface area (Å²) in [6.45, 7) is 5.92. The summed E-state index contributed by atoms with van der Waals surface area (Å²) in [5, 5.41) is 3.02. The Balaban J connectivity index is 0.00000220. The number of hydrogen-bond donors (Lipinski definition) is 2. The molecule has 0 saturated carbocycles. The van der Waals surface area contributed by atoms with Gasteiger partial charge in [0.2, 0.25) is 5.91 Å². The SMILES string of the molecule is CC(c1ccncc1)N1CCC(NC(=O)[C@@H](C)N)CC1.Cl. The first-order valence-electron chi connectivity index (χ1n) is 7.28. The van der Waals surface area contributed by atoms with Gasteiger partial charge in [0.1, 0.15) is 0 Å². The molecule has 21 heavy (non-hydrogen) atoms. The summed E-state index contributed by atoms with van der Waals surface area (Å²) >= 11 is 0. The van der Waals surface area contributed by atoms with Crippen molar-refractivity contribution in [3.05, 3.63) is 30.1 Å². The topological polar surface area (TPSA) is 71.2 Å². The van der Waals surface area contributed by atoms with E-state index in [-0.39, 0.29) is 24.4 Å². The average Bonchev–Trinajstić information content (AvgIpc) is 2.48. The molecule has 0 radical (unpaired) electrons. The summed E-state index contributed by atoms with van der Waals surface area (Å²) in [4.78, 5) is 18.1. The van der Waals surface area contributed by atoms with Crippen LogP contribution in [-0.2, 0) is 4.79 Å². The van der Waals surface area contributed by atoms with Crippen molar-refractivity contribution in [1.82, 2.24) is 15.2 Å². The molecule has 3 N–H and O–H groups in total. The van der Waals surface area contributed by atoms with Gasteiger partial charge >= 0.3 is 0 Å². The molecule has 2 heterocycles. The molecule has 1 aliphatic heterocycles. The van der Waals surface area contributed by atoms with E-state index in [4.69, 9.17) is 5.73 Å². The Morgan fingerprint density at radius 2 is 1.90 bits per heavy atom. The number of nitrogens with two attached hydrogens (primary N) is 1. The van der Waals surface area contributed by atoms with Crippen molar-refractivity contribution >= 4 is 18.3 Å². The largest absolute Gasteiger partial charge is 0.352 e. The fourth-order valence-electron chi connectivity index (χ4n) is 2.62. The van der Waals surface area contributed by atoms with Gasteiger partial charge in [-0.3, -0.25) is 14.7 Å². The first-order valence-corrected chi connectivity index (χ1v) is 7.28. The Labute approximate surface area is 132 Å². The Kier molecular flexibility index (Phi) is 7.08. The van der Waals surface area contributed by atoms with Gasteiger partial charge in [-0.15, -0.1) is 12.4 Å². The quantitative estimate of drug-likeness (QED) is 0.883. The van der Waals surface area contributed by atoms with E-state index in [1.807, 2.05) is 12.4 Å². The van der Waals surface area contributed by atoms with Crippen molar-refractivity contribution in [3.8, 4) is 0 Å². The minimum Gasteiger partial charge on any atom is -0.352 e. The molecule has 0 aromatic carbocycles. The van der Waals surface area contributed by atoms with Crippen molar-refractivity contribution < 1.29 is 4.79 Å². The number of pyridine rings is 1. The van der Waals surface area contributed by atoms with E-state index in [1.165, 1.54) is 5.56 Å². The summed E-state index contributed by atoms with van der Waals surface area (Å²) in [6, 6.07) is 4.35. The highest BCUT2D eigenvalue weighted by Gasteiger charge is 2.24. The van der Waals surface area contributed by atoms with E-state index < -0.39 is 6.04 Å². The lowest BCUT2D eigenvalue weighted by atomic mass is 10.0. The first kappa shape index (κ1) is 17.9. The molecule has 1 saturated heterocycles. The lowest BCUT2D eigenvalue weighted by Gasteiger charge is -2.36. The van der Waals surface area contributed by atoms with Crippen LogP contribution in [0.1, 0.15) is 38.3 Å². The number of piperidine rings is 1. The molecular formula is C15H25ClN4O. The number of aromatic nitrogens is 1. The maximum Gasteiger partial charge on any atom is 0.236 e. The van der Waals surface area contributed by atoms with Crippen LogP contribution in [0.2, 0.25) is 0 Å². The number of nitrogens with one attached hydrogen (secondary N) is 1. The Bertz CT molecular complexity index is 433. The number of rotatable bonds is 4. The van der Waals surface area contributed by atoms with Crippen LogP contribution < -0.4 is 11.1 Å². The maximum atomic E-state index is 11.6. The molecule has 1 fully saturated rings. The van der Waals surface area contributed by atoms with Gasteiger partial charge in [-0.2, -0.15) is 0 Å². The fourth-order valence-corrected chi connectivity index (χ4v) is 2.62. The van der Waals surface area contributed by atoms with Gasteiger partial charge in [0.25, 0.3) is 0 Å². The average molecular weight is 313 g/mol. The standard InChI is InChI=1S/C15H24N4O.ClH/c1-11(16)15(20)18-14-5-9-19(10-6-14)12(2)13-3-7-17-8-4-13;/h3-4,7-8,11-12,14H,5-6,9-10,16H2,1-2H3,(H,18,20);1H/t11-,12?;/m1./s1. The van der Waals surface area contributed by atoms with Crippen LogP contribution in [0.5, 0.6) is 0 Å². The number of carbonyl (C=O) groups is 1. The number of carbonyl (C=O) groups excluding carboxylic acids is 1. The first-order chi connectivity index (χ1) is 9.58. The van der Waals surface area contributed by atoms with Gasteiger partial charge in [-0.1, -0.05) is 0 Å². The summed E-state index contributed by atoms with van der Waals surface area (Å²) in [6.07, 6.45) is 5.63. The highest BCUT2D eigenvalue weighted by molar-refractivity contribution is 5.85. The molecule has 0 aliphatic carbocycles. The van der Waals surface area contributed by atoms with Crippen molar-refractivity contribution in [3.63, 3.8) is 0 Å². The second kappa shape index (κ2) is 8.32. The summed E-state index contributed by atoms with van der Waals surface area (Å²) in [5.41, 5.74) is 6.87. The third-order valence-corrected chi connectivity index (χ3v) is 4.03. The van der Waals surface area contributed by atoms with Crippen LogP contribution in [0, 0.1) is 0 Å². The van der Waals surface area contributed by atoms with E-state index in [9.17, 15) is 4.79 Å². The zero-order chi connectivity index (χ0) is 14.5. The van der Waals surface area contributed by atoms with Crippen LogP contribution in [0.4, 0.5) is 0 Å². The van der Waals surface area contributed by atoms with Crippen LogP contribution in [-0.4, -0.2) is 41.0 Å². The summed E-state index contributed by atoms with van der Waals surface area (Å²) in [5.74, 6) is -0.0503. The van der Waals surface area contributed by atoms with Crippen molar-refractivity contribution in [2.45, 2.75) is 44.8 Å². The van der Waals surface area contributed by atoms with E-state index in [1.54, 1.807) is 6.92 Å². The molecule has 1 amide bonds. The molecule has 118 valence electrons. The number of hydrogen-bond acceptors (Lipinski definition) is 4. The molecule has 1 unspecified atom stereocenters. The lowest BCUT2D eigenvalue weighted by molar-refractivity contribution is -0.123. The minimum atomic E-state index is -0.427. The van der Waals surface area contributed by atoms with Gasteiger partial charge in [-0.25, -0.2) is 0 Å². The predicted molar refractivity (Wildman–Crippen MR) is 86.3 cm³/mol. The third kappa shape index (κ3) is 4.95. The molecule has 2 atom stereocenters. The second-order valence-electron chi connectivity index (χ2n) is 5.56. The van der Waals surface area contributed by atoms with E-state index in [2.05, 4.69) is 34.3 Å². The second-order valence-corrected chi connectivity index (χ2v) is 5.56. The Morgan fingerprint density at radius 1 is 1.33 bits per heavy atom. The highest BCUT2D eigenvalue weighted by atomic mass is 35.5. The van der Waals surface area contributed by atoms with Gasteiger partial charge in [0.15, 0.2) is 0 Å². The molecule has 0 spiro atoms. The van der Waals surface area contributed by atoms with Gasteiger partial charge in [-0.05, 0) is 44.4 Å².